The van der Waals surface area contributed by atoms with Crippen LogP contribution in [-0.2, 0) is 0 Å². The minimum atomic E-state index is 0.637. The molecule has 0 bridgehead atoms. The fourth-order valence-corrected chi connectivity index (χ4v) is 14.1. The average Bonchev–Trinajstić information content (AvgIpc) is 4.20. The van der Waals surface area contributed by atoms with Gasteiger partial charge in [-0.3, -0.25) is 0 Å². The molecular formula is C62H92N2O4S4. The van der Waals surface area contributed by atoms with Gasteiger partial charge in [0.15, 0.2) is 23.0 Å². The molecule has 0 amide bonds. The highest BCUT2D eigenvalue weighted by Gasteiger charge is 2.33. The largest absolute Gasteiger partial charge is 0.488 e. The molecule has 0 fully saturated rings. The molecular weight excluding hydrogens is 965 g/mol. The zero-order valence-electron chi connectivity index (χ0n) is 45.2. The average molecular weight is 1060 g/mol. The van der Waals surface area contributed by atoms with Crippen LogP contribution in [0.4, 0.5) is 0 Å². The summed E-state index contributed by atoms with van der Waals surface area (Å²) in [5.74, 6) is 3.34. The highest BCUT2D eigenvalue weighted by atomic mass is 32.1. The first-order chi connectivity index (χ1) is 35.7. The summed E-state index contributed by atoms with van der Waals surface area (Å²) in [6, 6.07) is 17.0. The highest BCUT2D eigenvalue weighted by molar-refractivity contribution is 7.31. The number of benzene rings is 2. The highest BCUT2D eigenvalue weighted by Crippen LogP contribution is 2.61. The second-order valence-electron chi connectivity index (χ2n) is 20.1. The molecule has 0 spiro atoms. The van der Waals surface area contributed by atoms with Crippen LogP contribution < -0.4 is 18.9 Å². The van der Waals surface area contributed by atoms with Gasteiger partial charge in [-0.2, -0.15) is 0 Å². The number of aromatic nitrogens is 2. The number of thiazole rings is 2. The summed E-state index contributed by atoms with van der Waals surface area (Å²) < 4.78 is 30.8. The molecule has 6 rings (SSSR count). The van der Waals surface area contributed by atoms with Gasteiger partial charge < -0.3 is 18.9 Å². The molecule has 0 radical (unpaired) electrons. The molecule has 0 aliphatic rings. The molecule has 4 heterocycles. The lowest BCUT2D eigenvalue weighted by molar-refractivity contribution is 0.259. The molecule has 0 aliphatic heterocycles. The van der Waals surface area contributed by atoms with Gasteiger partial charge in [0.2, 0.25) is 0 Å². The molecule has 4 aromatic heterocycles. The predicted molar refractivity (Wildman–Crippen MR) is 317 cm³/mol. The minimum absolute atomic E-state index is 0.637. The Morgan fingerprint density at radius 2 is 0.542 bits per heavy atom. The molecule has 0 atom stereocenters. The predicted octanol–water partition coefficient (Wildman–Crippen LogP) is 22.1. The van der Waals surface area contributed by atoms with Crippen molar-refractivity contribution in [1.82, 2.24) is 9.97 Å². The second kappa shape index (κ2) is 35.1. The Labute approximate surface area is 452 Å². The number of nitrogens with zero attached hydrogens (tertiary/aromatic N) is 2. The van der Waals surface area contributed by atoms with Gasteiger partial charge in [0.1, 0.15) is 19.8 Å². The van der Waals surface area contributed by atoms with E-state index >= 15 is 0 Å². The number of fused-ring (bicyclic) bond motifs is 2. The van der Waals surface area contributed by atoms with E-state index < -0.39 is 0 Å². The number of hydrogen-bond donors (Lipinski definition) is 0. The molecule has 0 saturated heterocycles. The fraction of sp³-hybridized carbons (Fsp3) is 0.645. The number of hydrogen-bond acceptors (Lipinski definition) is 10. The molecule has 0 saturated carbocycles. The van der Waals surface area contributed by atoms with Crippen LogP contribution in [0.2, 0.25) is 0 Å². The zero-order chi connectivity index (χ0) is 50.3. The van der Waals surface area contributed by atoms with E-state index in [0.717, 1.165) is 102 Å². The van der Waals surface area contributed by atoms with E-state index in [4.69, 9.17) is 28.9 Å². The molecule has 6 nitrogen and oxygen atoms in total. The fourth-order valence-electron chi connectivity index (χ4n) is 9.49. The van der Waals surface area contributed by atoms with Crippen LogP contribution in [0.3, 0.4) is 0 Å². The lowest BCUT2D eigenvalue weighted by atomic mass is 10.1. The molecule has 398 valence electrons. The smallest absolute Gasteiger partial charge is 0.182 e. The third-order valence-corrected chi connectivity index (χ3v) is 18.7. The normalized spacial score (nSPS) is 11.7. The maximum Gasteiger partial charge on any atom is 0.182 e. The Balaban J connectivity index is 1.38. The monoisotopic (exact) mass is 1060 g/mol. The summed E-state index contributed by atoms with van der Waals surface area (Å²) in [4.78, 5) is 14.7. The van der Waals surface area contributed by atoms with Crippen molar-refractivity contribution in [3.63, 3.8) is 0 Å². The van der Waals surface area contributed by atoms with E-state index in [1.165, 1.54) is 176 Å². The van der Waals surface area contributed by atoms with Crippen LogP contribution in [0.15, 0.2) is 48.5 Å². The van der Waals surface area contributed by atoms with Gasteiger partial charge >= 0.3 is 0 Å². The number of unbranched alkanes of at least 4 members (excludes halogenated alkanes) is 28. The van der Waals surface area contributed by atoms with E-state index in [1.54, 1.807) is 45.3 Å². The molecule has 6 aromatic rings. The standard InChI is InChI=1S/C62H92N2O4S4/c1-5-9-13-17-21-25-29-37-45-65-53-55(67-47-39-31-27-23-19-15-11-7-3)59(61-63-49-41-33-35-43-51(49)69-61)71-57(53)58-54(66-46-38-30-26-22-18-14-10-6-2)56(68-48-40-32-28-24-20-16-12-8-4)60(72-58)62-64-50-42-34-36-44-52(50)70-62/h33-36,41-44H,5-32,37-40,45-48H2,1-4H3. The first-order valence-corrected chi connectivity index (χ1v) is 32.5. The number of thiophene rings is 2. The van der Waals surface area contributed by atoms with Crippen LogP contribution in [-0.4, -0.2) is 36.4 Å². The van der Waals surface area contributed by atoms with Gasteiger partial charge in [-0.05, 0) is 49.9 Å². The summed E-state index contributed by atoms with van der Waals surface area (Å²) in [5, 5.41) is 1.96. The van der Waals surface area contributed by atoms with Crippen molar-refractivity contribution < 1.29 is 18.9 Å². The van der Waals surface area contributed by atoms with Crippen molar-refractivity contribution in [2.75, 3.05) is 26.4 Å². The van der Waals surface area contributed by atoms with Gasteiger partial charge in [0.05, 0.1) is 56.6 Å². The Bertz CT molecular complexity index is 2110. The van der Waals surface area contributed by atoms with Crippen molar-refractivity contribution in [3.05, 3.63) is 48.5 Å². The first-order valence-electron chi connectivity index (χ1n) is 29.2. The summed E-state index contributed by atoms with van der Waals surface area (Å²) in [7, 11) is 0. The van der Waals surface area contributed by atoms with Gasteiger partial charge in [-0.15, -0.1) is 45.3 Å². The van der Waals surface area contributed by atoms with E-state index in [1.807, 2.05) is 0 Å². The lowest BCUT2D eigenvalue weighted by Gasteiger charge is -2.14. The Morgan fingerprint density at radius 3 is 0.819 bits per heavy atom. The maximum atomic E-state index is 7.15. The summed E-state index contributed by atoms with van der Waals surface area (Å²) in [6.45, 7) is 11.7. The lowest BCUT2D eigenvalue weighted by Crippen LogP contribution is -2.04. The topological polar surface area (TPSA) is 62.7 Å². The number of ether oxygens (including phenoxy) is 4. The van der Waals surface area contributed by atoms with Crippen LogP contribution in [0.25, 0.3) is 50.0 Å². The molecule has 0 aliphatic carbocycles. The number of para-hydroxylation sites is 2. The number of rotatable bonds is 43. The van der Waals surface area contributed by atoms with Crippen molar-refractivity contribution in [2.24, 2.45) is 0 Å². The third kappa shape index (κ3) is 19.2. The summed E-state index contributed by atoms with van der Waals surface area (Å²) in [6.07, 6.45) is 40.0. The van der Waals surface area contributed by atoms with Crippen molar-refractivity contribution >= 4 is 65.8 Å². The molecule has 72 heavy (non-hydrogen) atoms. The third-order valence-electron chi connectivity index (χ3n) is 13.8. The van der Waals surface area contributed by atoms with Gasteiger partial charge in [-0.1, -0.05) is 232 Å². The maximum absolute atomic E-state index is 7.15. The van der Waals surface area contributed by atoms with E-state index in [0.29, 0.717) is 26.4 Å². The second-order valence-corrected chi connectivity index (χ2v) is 24.2. The van der Waals surface area contributed by atoms with Crippen molar-refractivity contribution in [3.8, 4) is 52.5 Å². The van der Waals surface area contributed by atoms with Crippen LogP contribution in [0.1, 0.15) is 233 Å². The molecule has 0 unspecified atom stereocenters. The van der Waals surface area contributed by atoms with Crippen LogP contribution >= 0.6 is 45.3 Å². The van der Waals surface area contributed by atoms with Gasteiger partial charge in [0, 0.05) is 0 Å². The van der Waals surface area contributed by atoms with Crippen LogP contribution in [0.5, 0.6) is 23.0 Å². The minimum Gasteiger partial charge on any atom is -0.488 e. The summed E-state index contributed by atoms with van der Waals surface area (Å²) in [5.41, 5.74) is 2.03. The Morgan fingerprint density at radius 1 is 0.292 bits per heavy atom. The van der Waals surface area contributed by atoms with E-state index in [9.17, 15) is 0 Å². The molecule has 2 aromatic carbocycles. The van der Waals surface area contributed by atoms with Gasteiger partial charge in [-0.25, -0.2) is 9.97 Å². The van der Waals surface area contributed by atoms with E-state index in [-0.39, 0.29) is 0 Å². The SMILES string of the molecule is CCCCCCCCCCOc1c(-c2nc3ccccc3s2)sc(-c2sc(-c3nc4ccccc4s3)c(OCCCCCCCCCC)c2OCCCCCCCCCC)c1OCCCCCCCCCC. The van der Waals surface area contributed by atoms with Crippen LogP contribution in [0, 0.1) is 0 Å². The first kappa shape index (κ1) is 58.1. The summed E-state index contributed by atoms with van der Waals surface area (Å²) >= 11 is 7.01. The quantitative estimate of drug-likeness (QED) is 0.0356. The molecule has 10 heteroatoms. The molecule has 0 N–H and O–H groups in total. The van der Waals surface area contributed by atoms with Crippen molar-refractivity contribution in [2.45, 2.75) is 233 Å². The zero-order valence-corrected chi connectivity index (χ0v) is 48.5. The Hall–Kier alpha value is -3.18. The van der Waals surface area contributed by atoms with E-state index in [2.05, 4.69) is 76.2 Å². The van der Waals surface area contributed by atoms with Gasteiger partial charge in [0.25, 0.3) is 0 Å². The van der Waals surface area contributed by atoms with Crippen molar-refractivity contribution in [1.29, 1.82) is 0 Å². The Kier molecular flexibility index (Phi) is 28.4.